The van der Waals surface area contributed by atoms with Gasteiger partial charge in [0.15, 0.2) is 5.82 Å². The first kappa shape index (κ1) is 7.78. The van der Waals surface area contributed by atoms with Crippen LogP contribution in [0.2, 0.25) is 0 Å². The molecule has 0 saturated heterocycles. The average Bonchev–Trinajstić information content (AvgIpc) is 1.94. The Morgan fingerprint density at radius 2 is 2.18 bits per heavy atom. The first-order valence-electron chi connectivity index (χ1n) is 3.32. The Morgan fingerprint density at radius 1 is 1.55 bits per heavy atom. The summed E-state index contributed by atoms with van der Waals surface area (Å²) in [7, 11) is 5.30. The highest BCUT2D eigenvalue weighted by molar-refractivity contribution is 5.32. The molecule has 1 aromatic rings. The smallest absolute Gasteiger partial charge is 0.293 e. The van der Waals surface area contributed by atoms with Crippen LogP contribution < -0.4 is 10.5 Å². The molecule has 0 bridgehead atoms. The molecule has 0 aromatic carbocycles. The second-order valence-corrected chi connectivity index (χ2v) is 2.56. The van der Waals surface area contributed by atoms with Crippen molar-refractivity contribution in [1.29, 1.82) is 0 Å². The van der Waals surface area contributed by atoms with Gasteiger partial charge in [0, 0.05) is 33.5 Å². The van der Waals surface area contributed by atoms with Crippen LogP contribution in [0.4, 0.5) is 5.82 Å². The quantitative estimate of drug-likeness (QED) is 0.563. The van der Waals surface area contributed by atoms with Crippen molar-refractivity contribution in [1.82, 2.24) is 9.55 Å². The van der Waals surface area contributed by atoms with E-state index in [0.717, 1.165) is 0 Å². The summed E-state index contributed by atoms with van der Waals surface area (Å²) >= 11 is 0. The van der Waals surface area contributed by atoms with E-state index in [-0.39, 0.29) is 5.56 Å². The molecule has 0 radical (unpaired) electrons. The SMILES string of the molecule is CN(C)c1nccn(C)c1=O. The molecule has 0 aliphatic rings. The van der Waals surface area contributed by atoms with Crippen LogP contribution in [0.5, 0.6) is 0 Å². The van der Waals surface area contributed by atoms with Crippen LogP contribution in [0.25, 0.3) is 0 Å². The van der Waals surface area contributed by atoms with Crippen LogP contribution in [-0.2, 0) is 7.05 Å². The van der Waals surface area contributed by atoms with Gasteiger partial charge in [-0.15, -0.1) is 0 Å². The maximum Gasteiger partial charge on any atom is 0.293 e. The van der Waals surface area contributed by atoms with E-state index >= 15 is 0 Å². The average molecular weight is 153 g/mol. The summed E-state index contributed by atoms with van der Waals surface area (Å²) < 4.78 is 1.50. The van der Waals surface area contributed by atoms with Crippen molar-refractivity contribution < 1.29 is 0 Å². The summed E-state index contributed by atoms with van der Waals surface area (Å²) in [6.07, 6.45) is 3.24. The van der Waals surface area contributed by atoms with E-state index < -0.39 is 0 Å². The molecule has 0 fully saturated rings. The molecular formula is C7H11N3O. The largest absolute Gasteiger partial charge is 0.358 e. The van der Waals surface area contributed by atoms with E-state index in [1.165, 1.54) is 4.57 Å². The highest BCUT2D eigenvalue weighted by Crippen LogP contribution is 1.94. The molecule has 0 saturated carbocycles. The molecular weight excluding hydrogens is 142 g/mol. The second-order valence-electron chi connectivity index (χ2n) is 2.56. The fraction of sp³-hybridized carbons (Fsp3) is 0.429. The number of aryl methyl sites for hydroxylation is 1. The standard InChI is InChI=1S/C7H11N3O/c1-9(2)6-7(11)10(3)5-4-8-6/h4-5H,1-3H3. The third-order valence-corrected chi connectivity index (χ3v) is 1.42. The number of aromatic nitrogens is 2. The van der Waals surface area contributed by atoms with Gasteiger partial charge in [-0.3, -0.25) is 4.79 Å². The molecule has 11 heavy (non-hydrogen) atoms. The second kappa shape index (κ2) is 2.74. The van der Waals surface area contributed by atoms with Gasteiger partial charge in [-0.05, 0) is 0 Å². The molecule has 1 rings (SSSR count). The van der Waals surface area contributed by atoms with Gasteiger partial charge >= 0.3 is 0 Å². The normalized spacial score (nSPS) is 9.73. The predicted molar refractivity (Wildman–Crippen MR) is 43.8 cm³/mol. The van der Waals surface area contributed by atoms with Gasteiger partial charge in [-0.1, -0.05) is 0 Å². The van der Waals surface area contributed by atoms with Gasteiger partial charge in [0.2, 0.25) is 0 Å². The lowest BCUT2D eigenvalue weighted by atomic mass is 10.6. The van der Waals surface area contributed by atoms with Crippen molar-refractivity contribution in [3.8, 4) is 0 Å². The molecule has 0 aliphatic carbocycles. The number of nitrogens with zero attached hydrogens (tertiary/aromatic N) is 3. The van der Waals surface area contributed by atoms with E-state index in [2.05, 4.69) is 4.98 Å². The van der Waals surface area contributed by atoms with Crippen molar-refractivity contribution >= 4 is 5.82 Å². The van der Waals surface area contributed by atoms with E-state index in [4.69, 9.17) is 0 Å². The lowest BCUT2D eigenvalue weighted by Crippen LogP contribution is -2.26. The van der Waals surface area contributed by atoms with Crippen molar-refractivity contribution in [2.24, 2.45) is 7.05 Å². The lowest BCUT2D eigenvalue weighted by molar-refractivity contribution is 0.828. The highest BCUT2D eigenvalue weighted by atomic mass is 16.1. The maximum absolute atomic E-state index is 11.3. The van der Waals surface area contributed by atoms with Gasteiger partial charge in [0.25, 0.3) is 5.56 Å². The molecule has 0 aliphatic heterocycles. The Morgan fingerprint density at radius 3 is 2.64 bits per heavy atom. The van der Waals surface area contributed by atoms with Gasteiger partial charge in [-0.2, -0.15) is 0 Å². The molecule has 0 atom stereocenters. The monoisotopic (exact) mass is 153 g/mol. The minimum Gasteiger partial charge on any atom is -0.358 e. The first-order valence-corrected chi connectivity index (χ1v) is 3.32. The van der Waals surface area contributed by atoms with Crippen molar-refractivity contribution in [2.75, 3.05) is 19.0 Å². The molecule has 0 unspecified atom stereocenters. The Kier molecular flexibility index (Phi) is 1.94. The lowest BCUT2D eigenvalue weighted by Gasteiger charge is -2.09. The molecule has 60 valence electrons. The first-order chi connectivity index (χ1) is 5.13. The van der Waals surface area contributed by atoms with Crippen molar-refractivity contribution in [3.63, 3.8) is 0 Å². The maximum atomic E-state index is 11.3. The Balaban J connectivity index is 3.28. The number of hydrogen-bond donors (Lipinski definition) is 0. The highest BCUT2D eigenvalue weighted by Gasteiger charge is 2.02. The summed E-state index contributed by atoms with van der Waals surface area (Å²) in [6, 6.07) is 0. The zero-order valence-electron chi connectivity index (χ0n) is 6.90. The fourth-order valence-electron chi connectivity index (χ4n) is 0.791. The summed E-state index contributed by atoms with van der Waals surface area (Å²) in [5.41, 5.74) is -0.0718. The van der Waals surface area contributed by atoms with Crippen molar-refractivity contribution in [2.45, 2.75) is 0 Å². The Hall–Kier alpha value is -1.32. The molecule has 1 aromatic heterocycles. The van der Waals surface area contributed by atoms with E-state index in [1.54, 1.807) is 38.4 Å². The minimum absolute atomic E-state index is 0.0718. The number of anilines is 1. The van der Waals surface area contributed by atoms with Gasteiger partial charge in [0.1, 0.15) is 0 Å². The summed E-state index contributed by atoms with van der Waals surface area (Å²) in [6.45, 7) is 0. The third-order valence-electron chi connectivity index (χ3n) is 1.42. The Labute approximate surface area is 65.1 Å². The molecule has 4 nitrogen and oxygen atoms in total. The summed E-state index contributed by atoms with van der Waals surface area (Å²) in [5.74, 6) is 0.468. The molecule has 0 amide bonds. The summed E-state index contributed by atoms with van der Waals surface area (Å²) in [4.78, 5) is 16.9. The predicted octanol–water partition coefficient (Wildman–Crippen LogP) is -0.154. The topological polar surface area (TPSA) is 38.1 Å². The van der Waals surface area contributed by atoms with Crippen LogP contribution >= 0.6 is 0 Å². The molecule has 0 N–H and O–H groups in total. The van der Waals surface area contributed by atoms with Crippen LogP contribution in [0.1, 0.15) is 0 Å². The molecule has 4 heteroatoms. The van der Waals surface area contributed by atoms with E-state index in [1.807, 2.05) is 0 Å². The zero-order valence-corrected chi connectivity index (χ0v) is 6.90. The van der Waals surface area contributed by atoms with Crippen LogP contribution in [0.3, 0.4) is 0 Å². The van der Waals surface area contributed by atoms with Gasteiger partial charge < -0.3 is 9.47 Å². The third kappa shape index (κ3) is 1.39. The Bertz CT molecular complexity index is 303. The summed E-state index contributed by atoms with van der Waals surface area (Å²) in [5, 5.41) is 0. The number of hydrogen-bond acceptors (Lipinski definition) is 3. The van der Waals surface area contributed by atoms with Crippen LogP contribution in [-0.4, -0.2) is 23.6 Å². The van der Waals surface area contributed by atoms with Crippen molar-refractivity contribution in [3.05, 3.63) is 22.7 Å². The van der Waals surface area contributed by atoms with E-state index in [9.17, 15) is 4.79 Å². The molecule has 1 heterocycles. The van der Waals surface area contributed by atoms with Gasteiger partial charge in [-0.25, -0.2) is 4.98 Å². The zero-order chi connectivity index (χ0) is 8.43. The van der Waals surface area contributed by atoms with E-state index in [0.29, 0.717) is 5.82 Å². The fourth-order valence-corrected chi connectivity index (χ4v) is 0.791. The minimum atomic E-state index is -0.0718. The van der Waals surface area contributed by atoms with Gasteiger partial charge in [0.05, 0.1) is 0 Å². The van der Waals surface area contributed by atoms with Crippen LogP contribution in [0, 0.1) is 0 Å². The number of rotatable bonds is 1. The van der Waals surface area contributed by atoms with Crippen LogP contribution in [0.15, 0.2) is 17.2 Å². The molecule has 0 spiro atoms.